The standard InChI is InChI=1S/C23H28N2O6S2/c1-15-3-6-18-19(14-32-20(18)11-15)23(27)31-13-22(26)24-17-5-4-16(2)21(12-17)33(28,29)25-7-9-30-10-8-25/h4-5,12,14-15H,3,6-11,13H2,1-2H3,(H,24,26). The molecule has 2 aromatic rings. The van der Waals surface area contributed by atoms with Gasteiger partial charge in [0.1, 0.15) is 0 Å². The van der Waals surface area contributed by atoms with Crippen molar-refractivity contribution in [3.63, 3.8) is 0 Å². The van der Waals surface area contributed by atoms with Gasteiger partial charge in [-0.25, -0.2) is 13.2 Å². The summed E-state index contributed by atoms with van der Waals surface area (Å²) in [6, 6.07) is 4.72. The van der Waals surface area contributed by atoms with Gasteiger partial charge in [0.25, 0.3) is 5.91 Å². The Hall–Kier alpha value is -2.27. The molecule has 1 aliphatic heterocycles. The van der Waals surface area contributed by atoms with E-state index >= 15 is 0 Å². The van der Waals surface area contributed by atoms with Crippen LogP contribution in [-0.4, -0.2) is 57.5 Å². The van der Waals surface area contributed by atoms with E-state index in [1.807, 2.05) is 5.38 Å². The first-order chi connectivity index (χ1) is 15.8. The van der Waals surface area contributed by atoms with E-state index < -0.39 is 28.5 Å². The number of ether oxygens (including phenoxy) is 2. The number of carbonyl (C=O) groups is 2. The molecule has 1 aliphatic carbocycles. The Kier molecular flexibility index (Phi) is 7.18. The number of rotatable bonds is 6. The van der Waals surface area contributed by atoms with Crippen LogP contribution in [-0.2, 0) is 37.1 Å². The summed E-state index contributed by atoms with van der Waals surface area (Å²) in [6.07, 6.45) is 2.85. The van der Waals surface area contributed by atoms with Crippen LogP contribution in [0.1, 0.15) is 39.7 Å². The highest BCUT2D eigenvalue weighted by molar-refractivity contribution is 7.89. The molecule has 178 valence electrons. The number of aryl methyl sites for hydroxylation is 1. The van der Waals surface area contributed by atoms with Crippen molar-refractivity contribution >= 4 is 38.9 Å². The van der Waals surface area contributed by atoms with Crippen molar-refractivity contribution < 1.29 is 27.5 Å². The Morgan fingerprint density at radius 3 is 2.79 bits per heavy atom. The Balaban J connectivity index is 1.39. The Bertz CT molecular complexity index is 1150. The molecule has 0 spiro atoms. The lowest BCUT2D eigenvalue weighted by molar-refractivity contribution is -0.119. The van der Waals surface area contributed by atoms with E-state index in [4.69, 9.17) is 9.47 Å². The quantitative estimate of drug-likeness (QED) is 0.622. The van der Waals surface area contributed by atoms with Crippen molar-refractivity contribution in [2.75, 3.05) is 38.2 Å². The van der Waals surface area contributed by atoms with Crippen molar-refractivity contribution in [3.8, 4) is 0 Å². The number of anilines is 1. The first-order valence-corrected chi connectivity index (χ1v) is 13.3. The van der Waals surface area contributed by atoms with E-state index in [0.717, 1.165) is 24.8 Å². The smallest absolute Gasteiger partial charge is 0.339 e. The van der Waals surface area contributed by atoms with Crippen LogP contribution in [0.15, 0.2) is 28.5 Å². The summed E-state index contributed by atoms with van der Waals surface area (Å²) >= 11 is 1.57. The fourth-order valence-electron chi connectivity index (χ4n) is 4.14. The first-order valence-electron chi connectivity index (χ1n) is 11.0. The first kappa shape index (κ1) is 23.9. The largest absolute Gasteiger partial charge is 0.452 e. The van der Waals surface area contributed by atoms with Gasteiger partial charge in [-0.2, -0.15) is 4.31 Å². The highest BCUT2D eigenvalue weighted by Crippen LogP contribution is 2.33. The molecule has 2 aliphatic rings. The highest BCUT2D eigenvalue weighted by atomic mass is 32.2. The average Bonchev–Trinajstić information content (AvgIpc) is 3.22. The molecule has 1 unspecified atom stereocenters. The number of hydrogen-bond donors (Lipinski definition) is 1. The molecule has 8 nitrogen and oxygen atoms in total. The Morgan fingerprint density at radius 1 is 1.27 bits per heavy atom. The topological polar surface area (TPSA) is 102 Å². The normalized spacial score (nSPS) is 19.0. The lowest BCUT2D eigenvalue weighted by atomic mass is 9.88. The summed E-state index contributed by atoms with van der Waals surface area (Å²) < 4.78 is 37.9. The number of carbonyl (C=O) groups excluding carboxylic acids is 2. The van der Waals surface area contributed by atoms with Gasteiger partial charge in [-0.05, 0) is 55.4 Å². The molecule has 1 saturated heterocycles. The SMILES string of the molecule is Cc1ccc(NC(=O)COC(=O)c2csc3c2CCC(C)C3)cc1S(=O)(=O)N1CCOCC1. The van der Waals surface area contributed by atoms with Crippen LogP contribution >= 0.6 is 11.3 Å². The fourth-order valence-corrected chi connectivity index (χ4v) is 7.03. The van der Waals surface area contributed by atoms with Crippen molar-refractivity contribution in [3.05, 3.63) is 45.1 Å². The van der Waals surface area contributed by atoms with Gasteiger partial charge in [0, 0.05) is 29.0 Å². The number of thiophene rings is 1. The summed E-state index contributed by atoms with van der Waals surface area (Å²) in [5.41, 5.74) is 2.50. The lowest BCUT2D eigenvalue weighted by Crippen LogP contribution is -2.40. The third kappa shape index (κ3) is 5.29. The second-order valence-electron chi connectivity index (χ2n) is 8.52. The molecule has 33 heavy (non-hydrogen) atoms. The molecule has 10 heteroatoms. The number of fused-ring (bicyclic) bond motifs is 1. The van der Waals surface area contributed by atoms with Gasteiger partial charge < -0.3 is 14.8 Å². The van der Waals surface area contributed by atoms with Crippen molar-refractivity contribution in [2.45, 2.75) is 38.0 Å². The van der Waals surface area contributed by atoms with Gasteiger partial charge in [0.15, 0.2) is 6.61 Å². The molecule has 0 bridgehead atoms. The number of esters is 1. The molecule has 2 heterocycles. The monoisotopic (exact) mass is 492 g/mol. The van der Waals surface area contributed by atoms with Gasteiger partial charge in [-0.1, -0.05) is 13.0 Å². The Morgan fingerprint density at radius 2 is 2.03 bits per heavy atom. The maximum Gasteiger partial charge on any atom is 0.339 e. The van der Waals surface area contributed by atoms with E-state index in [9.17, 15) is 18.0 Å². The molecule has 1 N–H and O–H groups in total. The summed E-state index contributed by atoms with van der Waals surface area (Å²) in [6.45, 7) is 4.76. The van der Waals surface area contributed by atoms with Crippen LogP contribution in [0.3, 0.4) is 0 Å². The van der Waals surface area contributed by atoms with E-state index in [1.54, 1.807) is 30.4 Å². The number of hydrogen-bond acceptors (Lipinski definition) is 7. The van der Waals surface area contributed by atoms with E-state index in [-0.39, 0.29) is 4.90 Å². The molecular formula is C23H28N2O6S2. The third-order valence-corrected chi connectivity index (χ3v) is 9.11. The summed E-state index contributed by atoms with van der Waals surface area (Å²) in [5.74, 6) is -0.423. The van der Waals surface area contributed by atoms with E-state index in [1.165, 1.54) is 15.2 Å². The molecule has 1 atom stereocenters. The minimum Gasteiger partial charge on any atom is -0.452 e. The molecule has 1 aromatic heterocycles. The molecule has 1 aromatic carbocycles. The zero-order valence-corrected chi connectivity index (χ0v) is 20.4. The number of morpholine rings is 1. The predicted octanol–water partition coefficient (Wildman–Crippen LogP) is 3.00. The lowest BCUT2D eigenvalue weighted by Gasteiger charge is -2.26. The molecule has 1 fully saturated rings. The predicted molar refractivity (Wildman–Crippen MR) is 125 cm³/mol. The van der Waals surface area contributed by atoms with Gasteiger partial charge in [0.2, 0.25) is 10.0 Å². The zero-order valence-electron chi connectivity index (χ0n) is 18.8. The van der Waals surface area contributed by atoms with Crippen molar-refractivity contribution in [1.82, 2.24) is 4.31 Å². The molecule has 4 rings (SSSR count). The van der Waals surface area contributed by atoms with Crippen LogP contribution in [0.5, 0.6) is 0 Å². The molecule has 1 amide bonds. The van der Waals surface area contributed by atoms with Gasteiger partial charge in [-0.15, -0.1) is 11.3 Å². The van der Waals surface area contributed by atoms with E-state index in [2.05, 4.69) is 12.2 Å². The number of nitrogens with zero attached hydrogens (tertiary/aromatic N) is 1. The van der Waals surface area contributed by atoms with Crippen molar-refractivity contribution in [1.29, 1.82) is 0 Å². The van der Waals surface area contributed by atoms with Gasteiger partial charge in [-0.3, -0.25) is 4.79 Å². The maximum absolute atomic E-state index is 13.0. The van der Waals surface area contributed by atoms with Gasteiger partial charge in [0.05, 0.1) is 23.7 Å². The number of amides is 1. The molecule has 0 radical (unpaired) electrons. The maximum atomic E-state index is 13.0. The highest BCUT2D eigenvalue weighted by Gasteiger charge is 2.28. The van der Waals surface area contributed by atoms with Crippen molar-refractivity contribution in [2.24, 2.45) is 5.92 Å². The number of sulfonamides is 1. The average molecular weight is 493 g/mol. The van der Waals surface area contributed by atoms with Crippen LogP contribution in [0.25, 0.3) is 0 Å². The second kappa shape index (κ2) is 9.92. The second-order valence-corrected chi connectivity index (χ2v) is 11.4. The summed E-state index contributed by atoms with van der Waals surface area (Å²) in [4.78, 5) is 26.3. The van der Waals surface area contributed by atoms with Crippen LogP contribution in [0, 0.1) is 12.8 Å². The van der Waals surface area contributed by atoms with Crippen LogP contribution < -0.4 is 5.32 Å². The molecule has 0 saturated carbocycles. The minimum atomic E-state index is -3.70. The summed E-state index contributed by atoms with van der Waals surface area (Å²) in [7, 11) is -3.70. The number of nitrogens with one attached hydrogen (secondary N) is 1. The molecular weight excluding hydrogens is 464 g/mol. The number of benzene rings is 1. The summed E-state index contributed by atoms with van der Waals surface area (Å²) in [5, 5.41) is 4.44. The third-order valence-electron chi connectivity index (χ3n) is 6.02. The Labute approximate surface area is 197 Å². The minimum absolute atomic E-state index is 0.137. The van der Waals surface area contributed by atoms with Crippen LogP contribution in [0.2, 0.25) is 0 Å². The van der Waals surface area contributed by atoms with Gasteiger partial charge >= 0.3 is 5.97 Å². The van der Waals surface area contributed by atoms with Crippen LogP contribution in [0.4, 0.5) is 5.69 Å². The fraction of sp³-hybridized carbons (Fsp3) is 0.478. The zero-order chi connectivity index (χ0) is 23.6. The van der Waals surface area contributed by atoms with E-state index in [0.29, 0.717) is 49.0 Å².